The summed E-state index contributed by atoms with van der Waals surface area (Å²) in [6, 6.07) is 49.3. The molecular weight excluding hydrogens is 531 g/mol. The van der Waals surface area contributed by atoms with Gasteiger partial charge in [0.1, 0.15) is 0 Å². The molecule has 3 nitrogen and oxygen atoms in total. The van der Waals surface area contributed by atoms with Gasteiger partial charge in [0.25, 0.3) is 0 Å². The zero-order valence-electron chi connectivity index (χ0n) is 22.5. The smallest absolute Gasteiger partial charge is 0.160 e. The molecule has 0 amide bonds. The molecule has 0 aliphatic heterocycles. The van der Waals surface area contributed by atoms with Crippen LogP contribution in [0.15, 0.2) is 140 Å². The molecule has 42 heavy (non-hydrogen) atoms. The molecule has 0 atom stereocenters. The van der Waals surface area contributed by atoms with E-state index < -0.39 is 0 Å². The Morgan fingerprint density at radius 1 is 0.500 bits per heavy atom. The molecule has 0 aliphatic carbocycles. The average molecular weight is 554 g/mol. The van der Waals surface area contributed by atoms with Gasteiger partial charge in [-0.05, 0) is 48.5 Å². The number of rotatable bonds is 3. The van der Waals surface area contributed by atoms with Gasteiger partial charge in [-0.15, -0.1) is 11.3 Å². The van der Waals surface area contributed by atoms with Crippen molar-refractivity contribution >= 4 is 64.2 Å². The molecule has 0 saturated carbocycles. The van der Waals surface area contributed by atoms with E-state index >= 15 is 0 Å². The second-order valence-corrected chi connectivity index (χ2v) is 11.7. The summed E-state index contributed by atoms with van der Waals surface area (Å²) in [4.78, 5) is 10.5. The maximum atomic E-state index is 5.30. The summed E-state index contributed by atoms with van der Waals surface area (Å²) in [5, 5.41) is 6.06. The van der Waals surface area contributed by atoms with Crippen LogP contribution in [-0.2, 0) is 0 Å². The minimum absolute atomic E-state index is 0.736. The summed E-state index contributed by atoms with van der Waals surface area (Å²) in [6.07, 6.45) is 0. The molecule has 0 bridgehead atoms. The molecule has 3 aromatic heterocycles. The van der Waals surface area contributed by atoms with Crippen LogP contribution in [0.1, 0.15) is 0 Å². The van der Waals surface area contributed by atoms with Crippen molar-refractivity contribution in [2.24, 2.45) is 0 Å². The third-order valence-corrected chi connectivity index (χ3v) is 9.40. The first-order valence-corrected chi connectivity index (χ1v) is 14.9. The Balaban J connectivity index is 1.33. The molecule has 9 aromatic rings. The number of hydrogen-bond acceptors (Lipinski definition) is 3. The van der Waals surface area contributed by atoms with Crippen molar-refractivity contribution in [3.8, 4) is 28.3 Å². The van der Waals surface area contributed by atoms with E-state index in [0.29, 0.717) is 0 Å². The van der Waals surface area contributed by atoms with Crippen molar-refractivity contribution in [2.45, 2.75) is 0 Å². The summed E-state index contributed by atoms with van der Waals surface area (Å²) < 4.78 is 4.85. The standard InChI is InChI=1S/C38H23N3S/c1-3-11-24(12-4-1)36-35-31(21-20-29-28-16-8-10-18-34(28)42-37(29)35)39-38(40-36)25-19-22-33-30(23-25)27-15-7-9-17-32(27)41(33)26-13-5-2-6-14-26/h1-23H. The van der Waals surface area contributed by atoms with Gasteiger partial charge in [-0.1, -0.05) is 91.0 Å². The third kappa shape index (κ3) is 3.46. The lowest BCUT2D eigenvalue weighted by molar-refractivity contribution is 1.18. The van der Waals surface area contributed by atoms with Crippen molar-refractivity contribution in [1.29, 1.82) is 0 Å². The predicted molar refractivity (Wildman–Crippen MR) is 178 cm³/mol. The first-order valence-electron chi connectivity index (χ1n) is 14.1. The summed E-state index contributed by atoms with van der Waals surface area (Å²) >= 11 is 1.82. The second-order valence-electron chi connectivity index (χ2n) is 10.6. The molecule has 4 heteroatoms. The van der Waals surface area contributed by atoms with E-state index in [9.17, 15) is 0 Å². The Hall–Kier alpha value is -5.32. The topological polar surface area (TPSA) is 30.7 Å². The molecule has 0 fully saturated rings. The molecule has 0 spiro atoms. The zero-order valence-corrected chi connectivity index (χ0v) is 23.3. The van der Waals surface area contributed by atoms with Crippen LogP contribution in [0.5, 0.6) is 0 Å². The fraction of sp³-hybridized carbons (Fsp3) is 0. The number of thiophene rings is 1. The van der Waals surface area contributed by atoms with Gasteiger partial charge in [-0.25, -0.2) is 9.97 Å². The number of hydrogen-bond donors (Lipinski definition) is 0. The molecule has 0 radical (unpaired) electrons. The SMILES string of the molecule is c1ccc(-c2nc(-c3ccc4c(c3)c3ccccc3n4-c3ccccc3)nc3ccc4c5ccccc5sc4c23)cc1. The lowest BCUT2D eigenvalue weighted by atomic mass is 10.0. The van der Waals surface area contributed by atoms with E-state index in [0.717, 1.165) is 39.2 Å². The fourth-order valence-corrected chi connectivity index (χ4v) is 7.55. The number of nitrogens with zero attached hydrogens (tertiary/aromatic N) is 3. The zero-order chi connectivity index (χ0) is 27.6. The molecule has 3 heterocycles. The molecule has 196 valence electrons. The number of benzene rings is 6. The molecule has 6 aromatic carbocycles. The van der Waals surface area contributed by atoms with E-state index in [4.69, 9.17) is 9.97 Å². The molecule has 0 saturated heterocycles. The lowest BCUT2D eigenvalue weighted by Crippen LogP contribution is -1.96. The van der Waals surface area contributed by atoms with Crippen LogP contribution in [0.25, 0.3) is 81.2 Å². The Kier molecular flexibility index (Phi) is 5.07. The van der Waals surface area contributed by atoms with Crippen LogP contribution >= 0.6 is 11.3 Å². The number of fused-ring (bicyclic) bond motifs is 8. The van der Waals surface area contributed by atoms with Crippen LogP contribution < -0.4 is 0 Å². The molecule has 9 rings (SSSR count). The van der Waals surface area contributed by atoms with Crippen LogP contribution in [0, 0.1) is 0 Å². The van der Waals surface area contributed by atoms with Crippen LogP contribution in [0.3, 0.4) is 0 Å². The molecule has 0 N–H and O–H groups in total. The van der Waals surface area contributed by atoms with E-state index in [1.165, 1.54) is 42.0 Å². The Bertz CT molecular complexity index is 2460. The Morgan fingerprint density at radius 2 is 1.21 bits per heavy atom. The highest BCUT2D eigenvalue weighted by atomic mass is 32.1. The van der Waals surface area contributed by atoms with Gasteiger partial charge in [-0.3, -0.25) is 0 Å². The quantitative estimate of drug-likeness (QED) is 0.218. The first kappa shape index (κ1) is 23.4. The largest absolute Gasteiger partial charge is 0.309 e. The highest BCUT2D eigenvalue weighted by molar-refractivity contribution is 7.26. The van der Waals surface area contributed by atoms with Gasteiger partial charge in [0.05, 0.1) is 22.2 Å². The normalized spacial score (nSPS) is 11.8. The van der Waals surface area contributed by atoms with Crippen molar-refractivity contribution in [1.82, 2.24) is 14.5 Å². The van der Waals surface area contributed by atoms with Gasteiger partial charge in [0.2, 0.25) is 0 Å². The third-order valence-electron chi connectivity index (χ3n) is 8.20. The van der Waals surface area contributed by atoms with Gasteiger partial charge in [0.15, 0.2) is 5.82 Å². The van der Waals surface area contributed by atoms with Crippen LogP contribution in [-0.4, -0.2) is 14.5 Å². The maximum absolute atomic E-state index is 5.30. The lowest BCUT2D eigenvalue weighted by Gasteiger charge is -2.11. The average Bonchev–Trinajstić information content (AvgIpc) is 3.60. The number of para-hydroxylation sites is 2. The van der Waals surface area contributed by atoms with E-state index in [-0.39, 0.29) is 0 Å². The van der Waals surface area contributed by atoms with Gasteiger partial charge in [-0.2, -0.15) is 0 Å². The van der Waals surface area contributed by atoms with Crippen molar-refractivity contribution < 1.29 is 0 Å². The minimum atomic E-state index is 0.736. The first-order chi connectivity index (χ1) is 20.8. The van der Waals surface area contributed by atoms with E-state index in [1.807, 2.05) is 11.3 Å². The van der Waals surface area contributed by atoms with Gasteiger partial charge in [0, 0.05) is 53.1 Å². The van der Waals surface area contributed by atoms with E-state index in [1.54, 1.807) is 0 Å². The summed E-state index contributed by atoms with van der Waals surface area (Å²) in [7, 11) is 0. The van der Waals surface area contributed by atoms with Crippen LogP contribution in [0.4, 0.5) is 0 Å². The van der Waals surface area contributed by atoms with Crippen molar-refractivity contribution in [3.63, 3.8) is 0 Å². The van der Waals surface area contributed by atoms with Crippen LogP contribution in [0.2, 0.25) is 0 Å². The van der Waals surface area contributed by atoms with Crippen molar-refractivity contribution in [2.75, 3.05) is 0 Å². The highest BCUT2D eigenvalue weighted by Gasteiger charge is 2.18. The minimum Gasteiger partial charge on any atom is -0.309 e. The summed E-state index contributed by atoms with van der Waals surface area (Å²) in [5.74, 6) is 0.736. The summed E-state index contributed by atoms with van der Waals surface area (Å²) in [6.45, 7) is 0. The number of aromatic nitrogens is 3. The van der Waals surface area contributed by atoms with Gasteiger partial charge < -0.3 is 4.57 Å². The van der Waals surface area contributed by atoms with E-state index in [2.05, 4.69) is 144 Å². The van der Waals surface area contributed by atoms with Crippen molar-refractivity contribution in [3.05, 3.63) is 140 Å². The molecule has 0 unspecified atom stereocenters. The fourth-order valence-electron chi connectivity index (χ4n) is 6.30. The Morgan fingerprint density at radius 3 is 2.07 bits per heavy atom. The monoisotopic (exact) mass is 553 g/mol. The highest BCUT2D eigenvalue weighted by Crippen LogP contribution is 2.42. The Labute approximate surface area is 246 Å². The molecular formula is C38H23N3S. The summed E-state index contributed by atoms with van der Waals surface area (Å²) in [5.41, 5.74) is 7.54. The van der Waals surface area contributed by atoms with Gasteiger partial charge >= 0.3 is 0 Å². The molecule has 0 aliphatic rings. The second kappa shape index (κ2) is 9.10. The predicted octanol–water partition coefficient (Wildman–Crippen LogP) is 10.4. The maximum Gasteiger partial charge on any atom is 0.160 e.